The number of para-hydroxylation sites is 3. The van der Waals surface area contributed by atoms with E-state index in [1.54, 1.807) is 0 Å². The highest BCUT2D eigenvalue weighted by Gasteiger charge is 2.17. The molecule has 0 radical (unpaired) electrons. The molecule has 2 heterocycles. The van der Waals surface area contributed by atoms with Gasteiger partial charge in [0.05, 0.1) is 0 Å². The van der Waals surface area contributed by atoms with E-state index in [0.717, 1.165) is 89.6 Å². The predicted octanol–water partition coefficient (Wildman–Crippen LogP) is 15.5. The van der Waals surface area contributed by atoms with Crippen LogP contribution in [0.3, 0.4) is 0 Å². The monoisotopic (exact) mass is 743 g/mol. The third kappa shape index (κ3) is 6.10. The van der Waals surface area contributed by atoms with Crippen LogP contribution >= 0.6 is 0 Å². The molecule has 0 N–H and O–H groups in total. The van der Waals surface area contributed by atoms with Crippen LogP contribution in [0.5, 0.6) is 0 Å². The van der Waals surface area contributed by atoms with Gasteiger partial charge in [0.1, 0.15) is 22.3 Å². The number of anilines is 3. The molecule has 0 aliphatic carbocycles. The minimum Gasteiger partial charge on any atom is -0.456 e. The Morgan fingerprint density at radius 1 is 0.310 bits per heavy atom. The molecule has 0 amide bonds. The first-order valence-corrected chi connectivity index (χ1v) is 19.8. The van der Waals surface area contributed by atoms with Crippen LogP contribution in [-0.4, -0.2) is 0 Å². The molecule has 0 unspecified atom stereocenters. The minimum absolute atomic E-state index is 0.895. The molecule has 11 aromatic rings. The number of hydrogen-bond acceptors (Lipinski definition) is 3. The molecule has 11 rings (SSSR count). The zero-order valence-electron chi connectivity index (χ0n) is 31.7. The highest BCUT2D eigenvalue weighted by molar-refractivity contribution is 6.10. The topological polar surface area (TPSA) is 29.5 Å². The van der Waals surface area contributed by atoms with Gasteiger partial charge in [-0.3, -0.25) is 0 Å². The number of furan rings is 2. The number of nitrogens with zero attached hydrogens (tertiary/aromatic N) is 1. The van der Waals surface area contributed by atoms with Gasteiger partial charge in [-0.2, -0.15) is 0 Å². The van der Waals surface area contributed by atoms with Crippen molar-refractivity contribution in [1.82, 2.24) is 0 Å². The Morgan fingerprint density at radius 2 is 0.845 bits per heavy atom. The fourth-order valence-corrected chi connectivity index (χ4v) is 8.39. The average molecular weight is 744 g/mol. The van der Waals surface area contributed by atoms with E-state index in [4.69, 9.17) is 8.83 Å². The van der Waals surface area contributed by atoms with Crippen molar-refractivity contribution in [3.05, 3.63) is 223 Å². The van der Waals surface area contributed by atoms with Gasteiger partial charge in [-0.15, -0.1) is 0 Å². The van der Waals surface area contributed by atoms with Gasteiger partial charge in [0, 0.05) is 44.2 Å². The molecule has 0 bridgehead atoms. The van der Waals surface area contributed by atoms with E-state index in [1.165, 1.54) is 22.3 Å². The highest BCUT2D eigenvalue weighted by atomic mass is 16.3. The molecule has 0 saturated carbocycles. The molecule has 274 valence electrons. The lowest BCUT2D eigenvalue weighted by atomic mass is 9.99. The highest BCUT2D eigenvalue weighted by Crippen LogP contribution is 2.41. The predicted molar refractivity (Wildman–Crippen MR) is 241 cm³/mol. The minimum atomic E-state index is 0.895. The number of benzene rings is 9. The van der Waals surface area contributed by atoms with Gasteiger partial charge in [0.25, 0.3) is 0 Å². The summed E-state index contributed by atoms with van der Waals surface area (Å²) in [6.45, 7) is 0. The first-order chi connectivity index (χ1) is 28.7. The van der Waals surface area contributed by atoms with Gasteiger partial charge in [0.15, 0.2) is 0 Å². The quantitative estimate of drug-likeness (QED) is 0.155. The van der Waals surface area contributed by atoms with Gasteiger partial charge >= 0.3 is 0 Å². The number of fused-ring (bicyclic) bond motifs is 6. The summed E-state index contributed by atoms with van der Waals surface area (Å²) in [5.74, 6) is 0. The fourth-order valence-electron chi connectivity index (χ4n) is 8.39. The van der Waals surface area contributed by atoms with Gasteiger partial charge in [0.2, 0.25) is 0 Å². The van der Waals surface area contributed by atoms with E-state index < -0.39 is 0 Å². The lowest BCUT2D eigenvalue weighted by molar-refractivity contribution is 0.669. The van der Waals surface area contributed by atoms with Crippen molar-refractivity contribution in [1.29, 1.82) is 0 Å². The maximum Gasteiger partial charge on any atom is 0.143 e. The van der Waals surface area contributed by atoms with Crippen LogP contribution in [0.1, 0.15) is 11.1 Å². The maximum absolute atomic E-state index is 6.42. The smallest absolute Gasteiger partial charge is 0.143 e. The van der Waals surface area contributed by atoms with Crippen LogP contribution in [0.25, 0.3) is 77.3 Å². The van der Waals surface area contributed by atoms with Gasteiger partial charge in [-0.1, -0.05) is 152 Å². The Labute approximate surface area is 336 Å². The molecule has 3 nitrogen and oxygen atoms in total. The summed E-state index contributed by atoms with van der Waals surface area (Å²) >= 11 is 0. The molecular weight excluding hydrogens is 707 g/mol. The summed E-state index contributed by atoms with van der Waals surface area (Å²) in [7, 11) is 0. The molecule has 58 heavy (non-hydrogen) atoms. The fraction of sp³-hybridized carbons (Fsp3) is 0.0182. The zero-order chi connectivity index (χ0) is 38.4. The second-order valence-electron chi connectivity index (χ2n) is 14.9. The summed E-state index contributed by atoms with van der Waals surface area (Å²) in [5.41, 5.74) is 16.3. The third-order valence-corrected chi connectivity index (χ3v) is 11.3. The number of hydrogen-bond donors (Lipinski definition) is 0. The standard InChI is InChI=1S/C55H37NO2/c1-2-10-37(11-3-1)34-38-20-22-39(23-21-38)40-24-29-44(30-25-40)56(45-31-26-41(27-32-45)47-16-9-17-50-48-14-4-7-19-53(48)58-55(47)50)46-13-8-12-42(35-46)43-28-33-54-51(36-43)49-15-5-6-18-52(49)57-54/h1-33,35-36H,34H2. The molecule has 0 spiro atoms. The Bertz CT molecular complexity index is 3230. The van der Waals surface area contributed by atoms with Crippen molar-refractivity contribution < 1.29 is 8.83 Å². The molecular formula is C55H37NO2. The largest absolute Gasteiger partial charge is 0.456 e. The van der Waals surface area contributed by atoms with E-state index in [-0.39, 0.29) is 0 Å². The number of rotatable bonds is 8. The van der Waals surface area contributed by atoms with E-state index in [2.05, 4.69) is 193 Å². The Hall–Kier alpha value is -7.62. The van der Waals surface area contributed by atoms with E-state index in [9.17, 15) is 0 Å². The van der Waals surface area contributed by atoms with Crippen LogP contribution < -0.4 is 4.90 Å². The molecule has 0 saturated heterocycles. The average Bonchev–Trinajstić information content (AvgIpc) is 3.86. The second-order valence-corrected chi connectivity index (χ2v) is 14.9. The first-order valence-electron chi connectivity index (χ1n) is 19.8. The zero-order valence-corrected chi connectivity index (χ0v) is 31.7. The van der Waals surface area contributed by atoms with Crippen molar-refractivity contribution in [2.45, 2.75) is 6.42 Å². The second kappa shape index (κ2) is 14.1. The summed E-state index contributed by atoms with van der Waals surface area (Å²) in [4.78, 5) is 2.34. The van der Waals surface area contributed by atoms with Gasteiger partial charge in [-0.25, -0.2) is 0 Å². The van der Waals surface area contributed by atoms with Crippen LogP contribution in [0.4, 0.5) is 17.1 Å². The first kappa shape index (κ1) is 33.7. The maximum atomic E-state index is 6.42. The third-order valence-electron chi connectivity index (χ3n) is 11.3. The molecule has 0 fully saturated rings. The molecule has 0 aliphatic rings. The molecule has 3 heteroatoms. The summed E-state index contributed by atoms with van der Waals surface area (Å²) in [6, 6.07) is 75.5. The molecule has 0 aliphatic heterocycles. The van der Waals surface area contributed by atoms with E-state index >= 15 is 0 Å². The van der Waals surface area contributed by atoms with Crippen molar-refractivity contribution in [3.63, 3.8) is 0 Å². The van der Waals surface area contributed by atoms with Crippen LogP contribution in [0, 0.1) is 0 Å². The summed E-state index contributed by atoms with van der Waals surface area (Å²) in [6.07, 6.45) is 0.923. The Balaban J connectivity index is 0.971. The Morgan fingerprint density at radius 3 is 1.59 bits per heavy atom. The lowest BCUT2D eigenvalue weighted by Crippen LogP contribution is -2.10. The van der Waals surface area contributed by atoms with Crippen molar-refractivity contribution in [3.8, 4) is 33.4 Å². The molecule has 0 atom stereocenters. The SMILES string of the molecule is c1ccc(Cc2ccc(-c3ccc(N(c4ccc(-c5cccc6c5oc5ccccc56)cc4)c4cccc(-c5ccc6oc7ccccc7c6c5)c4)cc3)cc2)cc1. The molecule has 2 aromatic heterocycles. The normalized spacial score (nSPS) is 11.5. The van der Waals surface area contributed by atoms with Crippen molar-refractivity contribution in [2.75, 3.05) is 4.90 Å². The summed E-state index contributed by atoms with van der Waals surface area (Å²) < 4.78 is 12.6. The lowest BCUT2D eigenvalue weighted by Gasteiger charge is -2.26. The van der Waals surface area contributed by atoms with Crippen LogP contribution in [0.2, 0.25) is 0 Å². The van der Waals surface area contributed by atoms with E-state index in [1.807, 2.05) is 24.3 Å². The summed E-state index contributed by atoms with van der Waals surface area (Å²) in [5, 5.41) is 4.51. The van der Waals surface area contributed by atoms with Crippen molar-refractivity contribution >= 4 is 60.9 Å². The van der Waals surface area contributed by atoms with Crippen LogP contribution in [-0.2, 0) is 6.42 Å². The van der Waals surface area contributed by atoms with Crippen LogP contribution in [0.15, 0.2) is 221 Å². The van der Waals surface area contributed by atoms with Crippen molar-refractivity contribution in [2.24, 2.45) is 0 Å². The Kier molecular flexibility index (Phi) is 8.22. The van der Waals surface area contributed by atoms with Gasteiger partial charge < -0.3 is 13.7 Å². The van der Waals surface area contributed by atoms with Gasteiger partial charge in [-0.05, 0) is 106 Å². The molecule has 9 aromatic carbocycles. The van der Waals surface area contributed by atoms with E-state index in [0.29, 0.717) is 0 Å².